The fourth-order valence-corrected chi connectivity index (χ4v) is 9.38. The molecule has 1 aromatic heterocycles. The summed E-state index contributed by atoms with van der Waals surface area (Å²) in [5.74, 6) is -5.28. The minimum Gasteiger partial charge on any atom is -0.457 e. The number of likely N-dealkylation sites (N-methyl/N-ethyl adjacent to an activating group) is 1. The summed E-state index contributed by atoms with van der Waals surface area (Å²) in [6.45, 7) is 14.7. The molecule has 3 aliphatic rings. The van der Waals surface area contributed by atoms with Crippen molar-refractivity contribution in [1.82, 2.24) is 14.5 Å². The van der Waals surface area contributed by atoms with Gasteiger partial charge in [-0.15, -0.1) is 0 Å². The first kappa shape index (κ1) is 53.7. The molecule has 0 spiro atoms. The highest BCUT2D eigenvalue weighted by atomic mass is 16.7. The van der Waals surface area contributed by atoms with Crippen LogP contribution in [0.2, 0.25) is 0 Å². The van der Waals surface area contributed by atoms with E-state index in [1.165, 1.54) is 48.0 Å². The highest BCUT2D eigenvalue weighted by Crippen LogP contribution is 2.41. The summed E-state index contributed by atoms with van der Waals surface area (Å²) < 4.78 is 48.9. The lowest BCUT2D eigenvalue weighted by Crippen LogP contribution is -2.62. The molecular formula is C43H75N5O16. The third kappa shape index (κ3) is 12.0. The van der Waals surface area contributed by atoms with Gasteiger partial charge in [0.2, 0.25) is 12.5 Å². The Kier molecular flexibility index (Phi) is 18.7. The van der Waals surface area contributed by atoms with Crippen LogP contribution in [0.25, 0.3) is 0 Å². The van der Waals surface area contributed by atoms with E-state index in [9.17, 15) is 35.1 Å². The van der Waals surface area contributed by atoms with E-state index in [1.807, 2.05) is 25.9 Å². The standard InChI is InChI=1S/C43H75N5O16/c1-22-19-41(8,54)37(64-39-33(49)29(47(10)11)18-23(2)60-39)25(4)34(63-31-20-42(9,57-13)36(51)27(6)61-31)26(5)38(52)62-28(7)43(55,48-15-14-30(44)45-40(48)53)35(50)24(3)32(22)46-59-21-58-17-16-56-12/h14-15,22-29,31,33-37,39,49-51,54-55H,16-21H2,1-13H3,(H2,44,45,53)/b46-32+/t22-,23-,24+,25+,26-,27-,28-,29?,31-,33?,34+,35-,36?,37-,39+,41-,42?,43-/m1/s1. The molecule has 0 aromatic carbocycles. The maximum atomic E-state index is 14.6. The lowest BCUT2D eigenvalue weighted by atomic mass is 9.74. The largest absolute Gasteiger partial charge is 0.457 e. The van der Waals surface area contributed by atoms with E-state index >= 15 is 0 Å². The summed E-state index contributed by atoms with van der Waals surface area (Å²) in [6, 6.07) is 0.862. The summed E-state index contributed by atoms with van der Waals surface area (Å²) in [7, 11) is 6.64. The summed E-state index contributed by atoms with van der Waals surface area (Å²) >= 11 is 0. The SMILES string of the molecule is COCCOCO/N=C1\[C@H](C)C[C@@](C)(O)[C@H](O[C@@H]2O[C@H](C)CC(N(C)C)C2O)[C@@H](C)[C@H](O[C@@H]2CC(C)(OC)C(O)[C@@H](C)O2)[C@@H](C)C(=O)O[C@H](C)[C@](O)(n2ccc(N)nc2=O)[C@H](O)[C@H]1C. The first-order valence-electron chi connectivity index (χ1n) is 22.0. The van der Waals surface area contributed by atoms with Crippen molar-refractivity contribution in [3.05, 3.63) is 22.7 Å². The number of anilines is 1. The van der Waals surface area contributed by atoms with Crippen LogP contribution in [-0.4, -0.2) is 179 Å². The summed E-state index contributed by atoms with van der Waals surface area (Å²) in [5, 5.41) is 65.0. The fraction of sp³-hybridized carbons (Fsp3) is 0.860. The van der Waals surface area contributed by atoms with Crippen LogP contribution in [-0.2, 0) is 53.3 Å². The third-order valence-corrected chi connectivity index (χ3v) is 13.3. The van der Waals surface area contributed by atoms with Crippen molar-refractivity contribution < 1.29 is 73.1 Å². The van der Waals surface area contributed by atoms with Crippen LogP contribution in [0.1, 0.15) is 81.6 Å². The minimum atomic E-state index is -2.71. The predicted octanol–water partition coefficient (Wildman–Crippen LogP) is 0.553. The zero-order chi connectivity index (χ0) is 48.1. The normalized spacial score (nSPS) is 42.6. The van der Waals surface area contributed by atoms with Crippen molar-refractivity contribution in [1.29, 1.82) is 0 Å². The average Bonchev–Trinajstić information content (AvgIpc) is 3.22. The van der Waals surface area contributed by atoms with Gasteiger partial charge in [0.15, 0.2) is 12.6 Å². The molecule has 0 radical (unpaired) electrons. The van der Waals surface area contributed by atoms with Crippen LogP contribution in [0.4, 0.5) is 5.82 Å². The van der Waals surface area contributed by atoms with Gasteiger partial charge in [0.25, 0.3) is 0 Å². The summed E-state index contributed by atoms with van der Waals surface area (Å²) in [4.78, 5) is 39.3. The van der Waals surface area contributed by atoms with Crippen molar-refractivity contribution in [3.63, 3.8) is 0 Å². The van der Waals surface area contributed by atoms with Gasteiger partial charge in [0.05, 0.1) is 60.5 Å². The van der Waals surface area contributed by atoms with Crippen molar-refractivity contribution >= 4 is 17.5 Å². The van der Waals surface area contributed by atoms with E-state index in [2.05, 4.69) is 10.1 Å². The van der Waals surface area contributed by atoms with Gasteiger partial charge in [-0.2, -0.15) is 4.98 Å². The lowest BCUT2D eigenvalue weighted by Gasteiger charge is -2.49. The number of ether oxygens (including phenoxy) is 8. The molecule has 0 amide bonds. The van der Waals surface area contributed by atoms with Gasteiger partial charge in [0, 0.05) is 50.6 Å². The van der Waals surface area contributed by atoms with Gasteiger partial charge in [0.1, 0.15) is 30.2 Å². The number of carbonyl (C=O) groups excluding carboxylic acids is 1. The van der Waals surface area contributed by atoms with E-state index in [1.54, 1.807) is 27.7 Å². The Labute approximate surface area is 376 Å². The summed E-state index contributed by atoms with van der Waals surface area (Å²) in [5.41, 5.74) is -0.858. The fourth-order valence-electron chi connectivity index (χ4n) is 9.38. The van der Waals surface area contributed by atoms with Gasteiger partial charge >= 0.3 is 11.7 Å². The molecule has 4 heterocycles. The predicted molar refractivity (Wildman–Crippen MR) is 230 cm³/mol. The van der Waals surface area contributed by atoms with Crippen LogP contribution in [0.5, 0.6) is 0 Å². The molecule has 368 valence electrons. The van der Waals surface area contributed by atoms with Gasteiger partial charge in [-0.1, -0.05) is 25.9 Å². The van der Waals surface area contributed by atoms with Gasteiger partial charge in [-0.3, -0.25) is 9.36 Å². The molecule has 0 aliphatic carbocycles. The first-order chi connectivity index (χ1) is 29.8. The number of oxime groups is 1. The maximum absolute atomic E-state index is 14.6. The highest BCUT2D eigenvalue weighted by Gasteiger charge is 2.55. The lowest BCUT2D eigenvalue weighted by molar-refractivity contribution is -0.318. The molecule has 1 aromatic rings. The number of carbonyl (C=O) groups is 1. The molecule has 21 nitrogen and oxygen atoms in total. The van der Waals surface area contributed by atoms with Crippen molar-refractivity contribution in [2.45, 2.75) is 166 Å². The topological polar surface area (TPSA) is 278 Å². The Morgan fingerprint density at radius 3 is 2.23 bits per heavy atom. The summed E-state index contributed by atoms with van der Waals surface area (Å²) in [6.07, 6.45) is -10.3. The van der Waals surface area contributed by atoms with Gasteiger partial charge in [-0.05, 0) is 74.5 Å². The van der Waals surface area contributed by atoms with Crippen molar-refractivity contribution in [2.75, 3.05) is 54.1 Å². The van der Waals surface area contributed by atoms with Crippen molar-refractivity contribution in [2.24, 2.45) is 28.8 Å². The number of aliphatic hydroxyl groups is 5. The minimum absolute atomic E-state index is 0.0215. The van der Waals surface area contributed by atoms with Gasteiger partial charge in [-0.25, -0.2) is 4.79 Å². The Morgan fingerprint density at radius 2 is 1.62 bits per heavy atom. The van der Waals surface area contributed by atoms with E-state index in [0.717, 1.165) is 10.8 Å². The van der Waals surface area contributed by atoms with E-state index < -0.39 is 108 Å². The highest BCUT2D eigenvalue weighted by molar-refractivity contribution is 5.88. The third-order valence-electron chi connectivity index (χ3n) is 13.3. The van der Waals surface area contributed by atoms with E-state index in [-0.39, 0.29) is 56.5 Å². The maximum Gasteiger partial charge on any atom is 0.352 e. The Bertz CT molecular complexity index is 1750. The molecule has 7 N–H and O–H groups in total. The average molecular weight is 918 g/mol. The van der Waals surface area contributed by atoms with Crippen molar-refractivity contribution in [3.8, 4) is 0 Å². The van der Waals surface area contributed by atoms with Crippen LogP contribution in [0, 0.1) is 23.7 Å². The molecule has 18 atom stereocenters. The number of hydrogen-bond acceptors (Lipinski definition) is 20. The van der Waals surface area contributed by atoms with E-state index in [0.29, 0.717) is 6.42 Å². The van der Waals surface area contributed by atoms with Crippen LogP contribution in [0.3, 0.4) is 0 Å². The number of aliphatic hydroxyl groups excluding tert-OH is 3. The number of methoxy groups -OCH3 is 2. The molecule has 0 bridgehead atoms. The number of rotatable bonds is 13. The molecule has 3 saturated heterocycles. The zero-order valence-corrected chi connectivity index (χ0v) is 39.7. The Hall–Kier alpha value is -2.90. The zero-order valence-electron chi connectivity index (χ0n) is 39.7. The molecule has 0 saturated carbocycles. The molecular weight excluding hydrogens is 842 g/mol. The number of aromatic nitrogens is 2. The van der Waals surface area contributed by atoms with Crippen LogP contribution < -0.4 is 11.4 Å². The number of nitrogens with two attached hydrogens (primary N) is 1. The molecule has 64 heavy (non-hydrogen) atoms. The quantitative estimate of drug-likeness (QED) is 0.0682. The number of nitrogens with zero attached hydrogens (tertiary/aromatic N) is 4. The second kappa shape index (κ2) is 22.3. The monoisotopic (exact) mass is 918 g/mol. The molecule has 4 rings (SSSR count). The number of hydrogen-bond donors (Lipinski definition) is 6. The smallest absolute Gasteiger partial charge is 0.352 e. The number of cyclic esters (lactones) is 1. The molecule has 4 unspecified atom stereocenters. The number of nitrogen functional groups attached to an aromatic ring is 1. The second-order valence-electron chi connectivity index (χ2n) is 18.5. The van der Waals surface area contributed by atoms with Crippen LogP contribution >= 0.6 is 0 Å². The molecule has 3 fully saturated rings. The second-order valence-corrected chi connectivity index (χ2v) is 18.5. The molecule has 3 aliphatic heterocycles. The van der Waals surface area contributed by atoms with Gasteiger partial charge < -0.3 is 78.9 Å². The van der Waals surface area contributed by atoms with E-state index in [4.69, 9.17) is 48.5 Å². The van der Waals surface area contributed by atoms with Crippen LogP contribution in [0.15, 0.2) is 22.2 Å². The Balaban J connectivity index is 1.94. The first-order valence-corrected chi connectivity index (χ1v) is 22.0. The number of esters is 1. The Morgan fingerprint density at radius 1 is 0.953 bits per heavy atom. The molecule has 21 heteroatoms.